The summed E-state index contributed by atoms with van der Waals surface area (Å²) in [7, 11) is 5.57. The number of pyridine rings is 1. The third-order valence-corrected chi connectivity index (χ3v) is 2.65. The molecule has 0 aromatic carbocycles. The van der Waals surface area contributed by atoms with Crippen molar-refractivity contribution in [3.63, 3.8) is 0 Å². The van der Waals surface area contributed by atoms with Gasteiger partial charge in [0.25, 0.3) is 0 Å². The lowest BCUT2D eigenvalue weighted by molar-refractivity contribution is 0.400. The van der Waals surface area contributed by atoms with Gasteiger partial charge < -0.3 is 15.0 Å². The Hall–Kier alpha value is -2.37. The lowest BCUT2D eigenvalue weighted by Gasteiger charge is -2.19. The number of anilines is 2. The minimum Gasteiger partial charge on any atom is -0.479 e. The van der Waals surface area contributed by atoms with Crippen LogP contribution in [0.4, 0.5) is 11.4 Å². The van der Waals surface area contributed by atoms with E-state index in [1.165, 1.54) is 6.33 Å². The van der Waals surface area contributed by atoms with E-state index >= 15 is 0 Å². The van der Waals surface area contributed by atoms with Gasteiger partial charge in [-0.25, -0.2) is 15.0 Å². The van der Waals surface area contributed by atoms with E-state index in [1.807, 2.05) is 25.1 Å². The maximum absolute atomic E-state index is 5.29. The molecule has 0 aliphatic heterocycles. The third-order valence-electron chi connectivity index (χ3n) is 2.65. The van der Waals surface area contributed by atoms with Gasteiger partial charge >= 0.3 is 0 Å². The summed E-state index contributed by atoms with van der Waals surface area (Å²) < 4.78 is 5.29. The molecule has 0 amide bonds. The first kappa shape index (κ1) is 13.1. The smallest absolute Gasteiger partial charge is 0.239 e. The van der Waals surface area contributed by atoms with Crippen LogP contribution in [0.1, 0.15) is 5.56 Å². The Labute approximate surface area is 112 Å². The van der Waals surface area contributed by atoms with Crippen LogP contribution in [0.2, 0.25) is 0 Å². The number of rotatable bonds is 5. The standard InChI is InChI=1S/C13H17N5O/c1-18(2)11-4-5-16-13(19-3)12(11)17-8-10-6-14-9-15-7-10/h4-7,9,17H,8H2,1-3H3. The van der Waals surface area contributed by atoms with Crippen molar-refractivity contribution in [2.24, 2.45) is 0 Å². The topological polar surface area (TPSA) is 63.2 Å². The van der Waals surface area contributed by atoms with Gasteiger partial charge in [-0.1, -0.05) is 0 Å². The van der Waals surface area contributed by atoms with Crippen LogP contribution in [0.15, 0.2) is 31.0 Å². The van der Waals surface area contributed by atoms with Crippen LogP contribution < -0.4 is 15.0 Å². The Kier molecular flexibility index (Phi) is 4.12. The van der Waals surface area contributed by atoms with Crippen molar-refractivity contribution in [3.8, 4) is 5.88 Å². The average molecular weight is 259 g/mol. The molecular formula is C13H17N5O. The van der Waals surface area contributed by atoms with Crippen molar-refractivity contribution >= 4 is 11.4 Å². The first-order chi connectivity index (χ1) is 9.22. The highest BCUT2D eigenvalue weighted by molar-refractivity contribution is 5.74. The summed E-state index contributed by atoms with van der Waals surface area (Å²) in [6.07, 6.45) is 6.79. The van der Waals surface area contributed by atoms with Gasteiger partial charge in [-0.05, 0) is 6.07 Å². The fraction of sp³-hybridized carbons (Fsp3) is 0.308. The SMILES string of the molecule is COc1nccc(N(C)C)c1NCc1cncnc1. The molecule has 0 aliphatic rings. The molecule has 0 radical (unpaired) electrons. The molecule has 19 heavy (non-hydrogen) atoms. The second kappa shape index (κ2) is 5.99. The van der Waals surface area contributed by atoms with E-state index in [0.29, 0.717) is 12.4 Å². The molecule has 1 N–H and O–H groups in total. The molecule has 2 aromatic rings. The van der Waals surface area contributed by atoms with Gasteiger partial charge in [0.15, 0.2) is 0 Å². The number of ether oxygens (including phenoxy) is 1. The molecule has 0 bridgehead atoms. The minimum atomic E-state index is 0.572. The van der Waals surface area contributed by atoms with E-state index in [9.17, 15) is 0 Å². The molecule has 0 spiro atoms. The zero-order valence-corrected chi connectivity index (χ0v) is 11.3. The molecule has 0 saturated carbocycles. The summed E-state index contributed by atoms with van der Waals surface area (Å²) in [5.41, 5.74) is 2.88. The summed E-state index contributed by atoms with van der Waals surface area (Å²) in [5, 5.41) is 3.32. The van der Waals surface area contributed by atoms with Crippen LogP contribution in [0, 0.1) is 0 Å². The maximum atomic E-state index is 5.29. The first-order valence-corrected chi connectivity index (χ1v) is 5.90. The molecule has 0 atom stereocenters. The second-order valence-corrected chi connectivity index (χ2v) is 4.21. The quantitative estimate of drug-likeness (QED) is 0.879. The molecule has 2 aromatic heterocycles. The fourth-order valence-corrected chi connectivity index (χ4v) is 1.74. The van der Waals surface area contributed by atoms with Gasteiger partial charge in [-0.2, -0.15) is 0 Å². The Morgan fingerprint density at radius 2 is 2.00 bits per heavy atom. The molecule has 2 heterocycles. The van der Waals surface area contributed by atoms with E-state index in [0.717, 1.165) is 16.9 Å². The van der Waals surface area contributed by atoms with E-state index in [-0.39, 0.29) is 0 Å². The Morgan fingerprint density at radius 1 is 1.26 bits per heavy atom. The van der Waals surface area contributed by atoms with Gasteiger partial charge in [-0.3, -0.25) is 0 Å². The van der Waals surface area contributed by atoms with Crippen molar-refractivity contribution < 1.29 is 4.74 Å². The molecule has 6 nitrogen and oxygen atoms in total. The summed E-state index contributed by atoms with van der Waals surface area (Å²) in [6, 6.07) is 1.94. The van der Waals surface area contributed by atoms with Crippen LogP contribution in [-0.2, 0) is 6.54 Å². The average Bonchev–Trinajstić information content (AvgIpc) is 2.45. The second-order valence-electron chi connectivity index (χ2n) is 4.21. The maximum Gasteiger partial charge on any atom is 0.239 e. The van der Waals surface area contributed by atoms with Crippen LogP contribution >= 0.6 is 0 Å². The van der Waals surface area contributed by atoms with E-state index < -0.39 is 0 Å². The monoisotopic (exact) mass is 259 g/mol. The Bertz CT molecular complexity index is 530. The van der Waals surface area contributed by atoms with Crippen LogP contribution in [0.25, 0.3) is 0 Å². The van der Waals surface area contributed by atoms with E-state index in [4.69, 9.17) is 4.74 Å². The van der Waals surface area contributed by atoms with E-state index in [2.05, 4.69) is 20.3 Å². The van der Waals surface area contributed by atoms with Gasteiger partial charge in [0.2, 0.25) is 5.88 Å². The first-order valence-electron chi connectivity index (χ1n) is 5.90. The molecule has 0 saturated heterocycles. The minimum absolute atomic E-state index is 0.572. The molecular weight excluding hydrogens is 242 g/mol. The number of aromatic nitrogens is 3. The summed E-state index contributed by atoms with van der Waals surface area (Å²) in [6.45, 7) is 0.615. The van der Waals surface area contributed by atoms with Crippen LogP contribution in [-0.4, -0.2) is 36.2 Å². The summed E-state index contributed by atoms with van der Waals surface area (Å²) in [4.78, 5) is 14.2. The number of hydrogen-bond donors (Lipinski definition) is 1. The van der Waals surface area contributed by atoms with Crippen molar-refractivity contribution in [2.45, 2.75) is 6.54 Å². The fourth-order valence-electron chi connectivity index (χ4n) is 1.74. The highest BCUT2D eigenvalue weighted by Crippen LogP contribution is 2.32. The zero-order chi connectivity index (χ0) is 13.7. The van der Waals surface area contributed by atoms with Crippen molar-refractivity contribution in [1.29, 1.82) is 0 Å². The molecule has 0 aliphatic carbocycles. The molecule has 6 heteroatoms. The lowest BCUT2D eigenvalue weighted by atomic mass is 10.3. The van der Waals surface area contributed by atoms with Crippen LogP contribution in [0.3, 0.4) is 0 Å². The molecule has 100 valence electrons. The summed E-state index contributed by atoms with van der Waals surface area (Å²) >= 11 is 0. The normalized spacial score (nSPS) is 10.1. The van der Waals surface area contributed by atoms with Gasteiger partial charge in [0.1, 0.15) is 12.0 Å². The van der Waals surface area contributed by atoms with Crippen molar-refractivity contribution in [2.75, 3.05) is 31.4 Å². The van der Waals surface area contributed by atoms with Gasteiger partial charge in [-0.15, -0.1) is 0 Å². The van der Waals surface area contributed by atoms with Gasteiger partial charge in [0, 0.05) is 44.8 Å². The van der Waals surface area contributed by atoms with Crippen LogP contribution in [0.5, 0.6) is 5.88 Å². The lowest BCUT2D eigenvalue weighted by Crippen LogP contribution is -2.13. The number of hydrogen-bond acceptors (Lipinski definition) is 6. The largest absolute Gasteiger partial charge is 0.479 e. The molecule has 2 rings (SSSR count). The zero-order valence-electron chi connectivity index (χ0n) is 11.3. The highest BCUT2D eigenvalue weighted by atomic mass is 16.5. The third kappa shape index (κ3) is 3.09. The highest BCUT2D eigenvalue weighted by Gasteiger charge is 2.11. The Morgan fingerprint density at radius 3 is 2.63 bits per heavy atom. The molecule has 0 unspecified atom stereocenters. The predicted octanol–water partition coefficient (Wildman–Crippen LogP) is 1.56. The van der Waals surface area contributed by atoms with E-state index in [1.54, 1.807) is 25.7 Å². The van der Waals surface area contributed by atoms with Crippen molar-refractivity contribution in [3.05, 3.63) is 36.5 Å². The van der Waals surface area contributed by atoms with Gasteiger partial charge in [0.05, 0.1) is 12.8 Å². The number of nitrogens with one attached hydrogen (secondary N) is 1. The van der Waals surface area contributed by atoms with Crippen molar-refractivity contribution in [1.82, 2.24) is 15.0 Å². The number of methoxy groups -OCH3 is 1. The number of nitrogens with zero attached hydrogens (tertiary/aromatic N) is 4. The molecule has 0 fully saturated rings. The Balaban J connectivity index is 2.23. The summed E-state index contributed by atoms with van der Waals surface area (Å²) in [5.74, 6) is 0.572. The predicted molar refractivity (Wildman–Crippen MR) is 74.5 cm³/mol.